The maximum Gasteiger partial charge on any atom is 0.407 e. The molecule has 1 amide bonds. The Kier molecular flexibility index (Phi) is 4.67. The fraction of sp³-hybridized carbons (Fsp3) is 0.273. The number of ether oxygens (including phenoxy) is 1. The van der Waals surface area contributed by atoms with Crippen molar-refractivity contribution in [2.24, 2.45) is 0 Å². The molecule has 1 aromatic heterocycles. The highest BCUT2D eigenvalue weighted by molar-refractivity contribution is 5.87. The summed E-state index contributed by atoms with van der Waals surface area (Å²) in [7, 11) is 0. The maximum atomic E-state index is 11.0. The molecule has 1 fully saturated rings. The minimum Gasteiger partial charge on any atom is -0.490 e. The molecule has 138 valence electrons. The topological polar surface area (TPSA) is 62.7 Å². The molecule has 0 unspecified atom stereocenters. The van der Waals surface area contributed by atoms with Crippen molar-refractivity contribution >= 4 is 16.9 Å². The maximum absolute atomic E-state index is 11.0. The Morgan fingerprint density at radius 2 is 1.74 bits per heavy atom. The van der Waals surface area contributed by atoms with Gasteiger partial charge in [0.15, 0.2) is 0 Å². The van der Waals surface area contributed by atoms with Gasteiger partial charge in [0.05, 0.1) is 0 Å². The summed E-state index contributed by atoms with van der Waals surface area (Å²) in [5.41, 5.74) is 3.31. The fourth-order valence-corrected chi connectivity index (χ4v) is 3.51. The van der Waals surface area contributed by atoms with Crippen LogP contribution >= 0.6 is 0 Å². The van der Waals surface area contributed by atoms with E-state index in [1.807, 2.05) is 25.3 Å². The van der Waals surface area contributed by atoms with Crippen LogP contribution in [0.4, 0.5) is 4.79 Å². The van der Waals surface area contributed by atoms with Crippen molar-refractivity contribution < 1.29 is 14.6 Å². The number of rotatable bonds is 3. The number of hydrogen-bond donors (Lipinski definition) is 1. The van der Waals surface area contributed by atoms with Crippen molar-refractivity contribution in [3.8, 4) is 16.9 Å². The van der Waals surface area contributed by atoms with E-state index in [-0.39, 0.29) is 6.10 Å². The number of hydrogen-bond acceptors (Lipinski definition) is 3. The number of carbonyl (C=O) groups is 1. The average Bonchev–Trinajstić information content (AvgIpc) is 2.68. The second-order valence-corrected chi connectivity index (χ2v) is 7.00. The highest BCUT2D eigenvalue weighted by atomic mass is 16.5. The summed E-state index contributed by atoms with van der Waals surface area (Å²) in [6.45, 7) is 3.06. The minimum absolute atomic E-state index is 0.0718. The zero-order valence-corrected chi connectivity index (χ0v) is 15.3. The largest absolute Gasteiger partial charge is 0.490 e. The van der Waals surface area contributed by atoms with Crippen molar-refractivity contribution in [3.05, 3.63) is 60.4 Å². The number of aromatic nitrogens is 1. The first kappa shape index (κ1) is 17.3. The van der Waals surface area contributed by atoms with E-state index in [4.69, 9.17) is 9.84 Å². The number of carboxylic acid groups (broad SMARTS) is 1. The van der Waals surface area contributed by atoms with Gasteiger partial charge < -0.3 is 14.7 Å². The molecule has 5 heteroatoms. The molecule has 0 bridgehead atoms. The molecule has 0 saturated carbocycles. The van der Waals surface area contributed by atoms with Crippen LogP contribution in [0.2, 0.25) is 0 Å². The number of fused-ring (bicyclic) bond motifs is 1. The number of benzene rings is 2. The van der Waals surface area contributed by atoms with E-state index in [0.717, 1.165) is 40.8 Å². The van der Waals surface area contributed by atoms with Gasteiger partial charge in [0, 0.05) is 43.2 Å². The molecule has 4 rings (SSSR count). The molecule has 1 aliphatic heterocycles. The summed E-state index contributed by atoms with van der Waals surface area (Å²) in [5.74, 6) is 0.827. The molecule has 1 saturated heterocycles. The normalized spacial score (nSPS) is 15.1. The fourth-order valence-electron chi connectivity index (χ4n) is 3.51. The first-order valence-corrected chi connectivity index (χ1v) is 9.20. The van der Waals surface area contributed by atoms with Gasteiger partial charge in [-0.3, -0.25) is 4.98 Å². The van der Waals surface area contributed by atoms with E-state index in [2.05, 4.69) is 41.4 Å². The predicted octanol–water partition coefficient (Wildman–Crippen LogP) is 4.73. The Hall–Kier alpha value is -3.08. The zero-order chi connectivity index (χ0) is 18.8. The molecule has 2 heterocycles. The van der Waals surface area contributed by atoms with Gasteiger partial charge in [0.25, 0.3) is 0 Å². The lowest BCUT2D eigenvalue weighted by atomic mass is 10.0. The lowest BCUT2D eigenvalue weighted by Gasteiger charge is -2.30. The van der Waals surface area contributed by atoms with Gasteiger partial charge in [-0.05, 0) is 47.7 Å². The first-order chi connectivity index (χ1) is 13.1. The van der Waals surface area contributed by atoms with Crippen LogP contribution in [0.3, 0.4) is 0 Å². The lowest BCUT2D eigenvalue weighted by Crippen LogP contribution is -2.41. The van der Waals surface area contributed by atoms with Gasteiger partial charge in [0.1, 0.15) is 11.9 Å². The van der Waals surface area contributed by atoms with Crippen LogP contribution in [0.25, 0.3) is 21.9 Å². The highest BCUT2D eigenvalue weighted by Crippen LogP contribution is 2.27. The van der Waals surface area contributed by atoms with Crippen LogP contribution < -0.4 is 4.74 Å². The smallest absolute Gasteiger partial charge is 0.407 e. The molecule has 2 aromatic carbocycles. The SMILES string of the molecule is Cc1cc2cc(-c3ccc(OC4CCN(C(=O)O)CC4)cc3)ccc2cn1. The van der Waals surface area contributed by atoms with E-state index in [1.54, 1.807) is 0 Å². The van der Waals surface area contributed by atoms with Crippen LogP contribution in [0.1, 0.15) is 18.5 Å². The van der Waals surface area contributed by atoms with Gasteiger partial charge in [-0.25, -0.2) is 4.79 Å². The van der Waals surface area contributed by atoms with E-state index >= 15 is 0 Å². The van der Waals surface area contributed by atoms with Crippen LogP contribution in [0.15, 0.2) is 54.7 Å². The lowest BCUT2D eigenvalue weighted by molar-refractivity contribution is 0.0895. The minimum atomic E-state index is -0.848. The molecule has 0 spiro atoms. The Morgan fingerprint density at radius 3 is 2.44 bits per heavy atom. The molecule has 27 heavy (non-hydrogen) atoms. The molecule has 0 radical (unpaired) electrons. The third-order valence-corrected chi connectivity index (χ3v) is 5.06. The van der Waals surface area contributed by atoms with E-state index in [9.17, 15) is 4.79 Å². The average molecular weight is 362 g/mol. The van der Waals surface area contributed by atoms with E-state index < -0.39 is 6.09 Å². The standard InChI is InChI=1S/C22H22N2O3/c1-15-12-19-13-17(2-3-18(19)14-23-15)16-4-6-20(7-5-16)27-21-8-10-24(11-9-21)22(25)26/h2-7,12-14,21H,8-11H2,1H3,(H,25,26). The molecule has 0 aliphatic carbocycles. The Labute approximate surface area is 158 Å². The van der Waals surface area contributed by atoms with E-state index in [1.165, 1.54) is 10.3 Å². The Balaban J connectivity index is 1.45. The van der Waals surface area contributed by atoms with Gasteiger partial charge >= 0.3 is 6.09 Å². The quantitative estimate of drug-likeness (QED) is 0.731. The summed E-state index contributed by atoms with van der Waals surface area (Å²) in [4.78, 5) is 16.8. The van der Waals surface area contributed by atoms with Crippen LogP contribution in [-0.4, -0.2) is 40.3 Å². The van der Waals surface area contributed by atoms with Gasteiger partial charge in [-0.1, -0.05) is 24.3 Å². The third kappa shape index (κ3) is 3.87. The Bertz CT molecular complexity index is 961. The van der Waals surface area contributed by atoms with Gasteiger partial charge in [-0.15, -0.1) is 0 Å². The van der Waals surface area contributed by atoms with Crippen molar-refractivity contribution in [3.63, 3.8) is 0 Å². The third-order valence-electron chi connectivity index (χ3n) is 5.06. The van der Waals surface area contributed by atoms with E-state index in [0.29, 0.717) is 13.1 Å². The molecule has 0 atom stereocenters. The van der Waals surface area contributed by atoms with Crippen molar-refractivity contribution in [1.29, 1.82) is 0 Å². The second-order valence-electron chi connectivity index (χ2n) is 7.00. The zero-order valence-electron chi connectivity index (χ0n) is 15.3. The number of nitrogens with zero attached hydrogens (tertiary/aromatic N) is 2. The van der Waals surface area contributed by atoms with Crippen molar-refractivity contribution in [2.75, 3.05) is 13.1 Å². The predicted molar refractivity (Wildman–Crippen MR) is 105 cm³/mol. The molecule has 3 aromatic rings. The Morgan fingerprint density at radius 1 is 1.04 bits per heavy atom. The monoisotopic (exact) mass is 362 g/mol. The van der Waals surface area contributed by atoms with Gasteiger partial charge in [0.2, 0.25) is 0 Å². The second kappa shape index (κ2) is 7.27. The van der Waals surface area contributed by atoms with Crippen LogP contribution in [0.5, 0.6) is 5.75 Å². The highest BCUT2D eigenvalue weighted by Gasteiger charge is 2.23. The molecular weight excluding hydrogens is 340 g/mol. The summed E-state index contributed by atoms with van der Waals surface area (Å²) >= 11 is 0. The number of pyridine rings is 1. The summed E-state index contributed by atoms with van der Waals surface area (Å²) in [6.07, 6.45) is 2.58. The number of amides is 1. The van der Waals surface area contributed by atoms with Crippen LogP contribution in [-0.2, 0) is 0 Å². The van der Waals surface area contributed by atoms with Gasteiger partial charge in [-0.2, -0.15) is 0 Å². The molecular formula is C22H22N2O3. The van der Waals surface area contributed by atoms with Crippen molar-refractivity contribution in [1.82, 2.24) is 9.88 Å². The number of piperidine rings is 1. The van der Waals surface area contributed by atoms with Crippen LogP contribution in [0, 0.1) is 6.92 Å². The summed E-state index contributed by atoms with van der Waals surface area (Å²) < 4.78 is 6.03. The van der Waals surface area contributed by atoms with Crippen molar-refractivity contribution in [2.45, 2.75) is 25.9 Å². The number of likely N-dealkylation sites (tertiary alicyclic amines) is 1. The molecule has 1 N–H and O–H groups in total. The molecule has 1 aliphatic rings. The molecule has 5 nitrogen and oxygen atoms in total. The number of aryl methyl sites for hydroxylation is 1. The first-order valence-electron chi connectivity index (χ1n) is 9.20. The summed E-state index contributed by atoms with van der Waals surface area (Å²) in [5, 5.41) is 11.3. The summed E-state index contributed by atoms with van der Waals surface area (Å²) in [6, 6.07) is 16.6.